The molecule has 1 amide bonds. The van der Waals surface area contributed by atoms with Crippen molar-refractivity contribution in [3.05, 3.63) is 18.0 Å². The smallest absolute Gasteiger partial charge is 0.311 e. The molecule has 9 heteroatoms. The van der Waals surface area contributed by atoms with Gasteiger partial charge in [0.25, 0.3) is 5.91 Å². The van der Waals surface area contributed by atoms with Gasteiger partial charge in [-0.15, -0.1) is 0 Å². The van der Waals surface area contributed by atoms with Crippen molar-refractivity contribution in [2.45, 2.75) is 18.2 Å². The van der Waals surface area contributed by atoms with Crippen LogP contribution in [0.1, 0.15) is 23.8 Å². The Hall–Kier alpha value is -1.87. The van der Waals surface area contributed by atoms with E-state index in [1.165, 1.54) is 28.8 Å². The number of carbonyl (C=O) groups is 2. The Kier molecular flexibility index (Phi) is 3.58. The van der Waals surface area contributed by atoms with E-state index in [-0.39, 0.29) is 17.1 Å². The molecule has 1 saturated heterocycles. The lowest BCUT2D eigenvalue weighted by Crippen LogP contribution is -2.35. The van der Waals surface area contributed by atoms with E-state index in [0.717, 1.165) is 0 Å². The topological polar surface area (TPSA) is 123 Å². The largest absolute Gasteiger partial charge is 0.481 e. The summed E-state index contributed by atoms with van der Waals surface area (Å²) in [6.07, 6.45) is 1.62. The number of likely N-dealkylation sites (tertiary alicyclic amines) is 1. The molecule has 2 heterocycles. The molecule has 0 aromatic carbocycles. The molecule has 0 aliphatic carbocycles. The second-order valence-corrected chi connectivity index (χ2v) is 7.12. The molecule has 0 radical (unpaired) electrons. The third kappa shape index (κ3) is 2.79. The van der Waals surface area contributed by atoms with E-state index in [1.54, 1.807) is 6.92 Å². The van der Waals surface area contributed by atoms with Gasteiger partial charge in [-0.2, -0.15) is 0 Å². The molecule has 1 aromatic rings. The Bertz CT molecular complexity index is 708. The summed E-state index contributed by atoms with van der Waals surface area (Å²) < 4.78 is 24.0. The van der Waals surface area contributed by atoms with Crippen LogP contribution in [0.4, 0.5) is 0 Å². The van der Waals surface area contributed by atoms with E-state index in [2.05, 4.69) is 0 Å². The summed E-state index contributed by atoms with van der Waals surface area (Å²) in [7, 11) is -2.35. The third-order valence-corrected chi connectivity index (χ3v) is 4.68. The second kappa shape index (κ2) is 4.85. The highest BCUT2D eigenvalue weighted by atomic mass is 32.2. The van der Waals surface area contributed by atoms with Gasteiger partial charge in [-0.1, -0.05) is 0 Å². The van der Waals surface area contributed by atoms with Gasteiger partial charge >= 0.3 is 5.97 Å². The first-order valence-electron chi connectivity index (χ1n) is 6.26. The lowest BCUT2D eigenvalue weighted by atomic mass is 9.90. The minimum atomic E-state index is -3.88. The maximum atomic E-state index is 12.4. The van der Waals surface area contributed by atoms with Crippen LogP contribution < -0.4 is 5.14 Å². The number of hydrogen-bond donors (Lipinski definition) is 2. The van der Waals surface area contributed by atoms with Gasteiger partial charge in [-0.25, -0.2) is 13.6 Å². The number of hydrogen-bond acceptors (Lipinski definition) is 4. The van der Waals surface area contributed by atoms with Gasteiger partial charge in [-0.05, 0) is 19.4 Å². The Morgan fingerprint density at radius 2 is 2.05 bits per heavy atom. The standard InChI is InChI=1S/C12H17N3O5S/c1-12(11(17)18)3-4-15(7-12)10(16)9-5-8(6-14(9)2)21(13,19)20/h5-6H,3-4,7H2,1-2H3,(H,17,18)(H2,13,19,20). The van der Waals surface area contributed by atoms with E-state index in [0.29, 0.717) is 13.0 Å². The van der Waals surface area contributed by atoms with Gasteiger partial charge in [0.1, 0.15) is 10.6 Å². The Labute approximate surface area is 122 Å². The minimum absolute atomic E-state index is 0.0943. The van der Waals surface area contributed by atoms with E-state index in [9.17, 15) is 18.0 Å². The van der Waals surface area contributed by atoms with Crippen LogP contribution in [0.3, 0.4) is 0 Å². The number of amides is 1. The first-order valence-corrected chi connectivity index (χ1v) is 7.81. The molecule has 1 atom stereocenters. The fourth-order valence-electron chi connectivity index (χ4n) is 2.37. The number of carbonyl (C=O) groups excluding carboxylic acids is 1. The summed E-state index contributed by atoms with van der Waals surface area (Å²) in [6, 6.07) is 1.20. The van der Waals surface area contributed by atoms with Gasteiger partial charge in [-0.3, -0.25) is 9.59 Å². The quantitative estimate of drug-likeness (QED) is 0.786. The zero-order chi connectivity index (χ0) is 16.0. The molecule has 0 bridgehead atoms. The van der Waals surface area contributed by atoms with Crippen molar-refractivity contribution < 1.29 is 23.1 Å². The molecule has 0 spiro atoms. The Balaban J connectivity index is 2.27. The van der Waals surface area contributed by atoms with Crippen LogP contribution in [0.25, 0.3) is 0 Å². The first kappa shape index (κ1) is 15.5. The second-order valence-electron chi connectivity index (χ2n) is 5.56. The van der Waals surface area contributed by atoms with Gasteiger partial charge < -0.3 is 14.6 Å². The van der Waals surface area contributed by atoms with Crippen molar-refractivity contribution in [3.8, 4) is 0 Å². The first-order chi connectivity index (χ1) is 9.54. The summed E-state index contributed by atoms with van der Waals surface area (Å²) in [4.78, 5) is 24.9. The van der Waals surface area contributed by atoms with Crippen LogP contribution in [0.5, 0.6) is 0 Å². The van der Waals surface area contributed by atoms with Crippen molar-refractivity contribution in [2.75, 3.05) is 13.1 Å². The van der Waals surface area contributed by atoms with Crippen molar-refractivity contribution in [3.63, 3.8) is 0 Å². The number of aliphatic carboxylic acids is 1. The number of carboxylic acid groups (broad SMARTS) is 1. The predicted octanol–water partition coefficient (Wildman–Crippen LogP) is -0.391. The summed E-state index contributed by atoms with van der Waals surface area (Å²) in [5.74, 6) is -1.35. The molecule has 1 aromatic heterocycles. The van der Waals surface area contributed by atoms with Gasteiger partial charge in [0.15, 0.2) is 0 Å². The van der Waals surface area contributed by atoms with Crippen LogP contribution in [-0.4, -0.2) is 48.0 Å². The Morgan fingerprint density at radius 3 is 2.48 bits per heavy atom. The summed E-state index contributed by atoms with van der Waals surface area (Å²) in [6.45, 7) is 2.00. The SMILES string of the molecule is Cn1cc(S(N)(=O)=O)cc1C(=O)N1CCC(C)(C(=O)O)C1. The number of sulfonamides is 1. The van der Waals surface area contributed by atoms with Gasteiger partial charge in [0.05, 0.1) is 5.41 Å². The normalized spacial score (nSPS) is 22.5. The van der Waals surface area contributed by atoms with E-state index in [1.807, 2.05) is 0 Å². The summed E-state index contributed by atoms with van der Waals surface area (Å²) in [5.41, 5.74) is -0.808. The fourth-order valence-corrected chi connectivity index (χ4v) is 2.95. The number of nitrogens with zero attached hydrogens (tertiary/aromatic N) is 2. The molecule has 116 valence electrons. The lowest BCUT2D eigenvalue weighted by molar-refractivity contribution is -0.147. The molecule has 21 heavy (non-hydrogen) atoms. The van der Waals surface area contributed by atoms with E-state index < -0.39 is 27.3 Å². The van der Waals surface area contributed by atoms with Crippen LogP contribution >= 0.6 is 0 Å². The molecule has 1 unspecified atom stereocenters. The number of rotatable bonds is 3. The van der Waals surface area contributed by atoms with Crippen LogP contribution in [-0.2, 0) is 21.9 Å². The van der Waals surface area contributed by atoms with Gasteiger partial charge in [0.2, 0.25) is 10.0 Å². The maximum absolute atomic E-state index is 12.4. The average Bonchev–Trinajstić information content (AvgIpc) is 2.92. The predicted molar refractivity (Wildman–Crippen MR) is 73.0 cm³/mol. The number of aromatic nitrogens is 1. The minimum Gasteiger partial charge on any atom is -0.481 e. The third-order valence-electron chi connectivity index (χ3n) is 3.80. The molecule has 1 fully saturated rings. The van der Waals surface area contributed by atoms with Crippen LogP contribution in [0.2, 0.25) is 0 Å². The zero-order valence-corrected chi connectivity index (χ0v) is 12.6. The average molecular weight is 315 g/mol. The molecule has 0 saturated carbocycles. The zero-order valence-electron chi connectivity index (χ0n) is 11.7. The van der Waals surface area contributed by atoms with Crippen molar-refractivity contribution in [2.24, 2.45) is 17.6 Å². The molecule has 1 aliphatic heterocycles. The molecule has 8 nitrogen and oxygen atoms in total. The number of aryl methyl sites for hydroxylation is 1. The maximum Gasteiger partial charge on any atom is 0.311 e. The van der Waals surface area contributed by atoms with Crippen molar-refractivity contribution in [1.82, 2.24) is 9.47 Å². The van der Waals surface area contributed by atoms with Crippen molar-refractivity contribution >= 4 is 21.9 Å². The van der Waals surface area contributed by atoms with Crippen LogP contribution in [0, 0.1) is 5.41 Å². The highest BCUT2D eigenvalue weighted by Gasteiger charge is 2.42. The lowest BCUT2D eigenvalue weighted by Gasteiger charge is -2.20. The summed E-state index contributed by atoms with van der Waals surface area (Å²) in [5, 5.41) is 14.2. The fraction of sp³-hybridized carbons (Fsp3) is 0.500. The highest BCUT2D eigenvalue weighted by molar-refractivity contribution is 7.89. The van der Waals surface area contributed by atoms with Crippen molar-refractivity contribution in [1.29, 1.82) is 0 Å². The van der Waals surface area contributed by atoms with Crippen LogP contribution in [0.15, 0.2) is 17.2 Å². The van der Waals surface area contributed by atoms with Gasteiger partial charge in [0, 0.05) is 26.3 Å². The molecule has 1 aliphatic rings. The van der Waals surface area contributed by atoms with E-state index >= 15 is 0 Å². The number of carboxylic acids is 1. The summed E-state index contributed by atoms with van der Waals surface area (Å²) >= 11 is 0. The molecular formula is C12H17N3O5S. The number of primary sulfonamides is 1. The highest BCUT2D eigenvalue weighted by Crippen LogP contribution is 2.31. The molecule has 3 N–H and O–H groups in total. The van der Waals surface area contributed by atoms with E-state index in [4.69, 9.17) is 10.2 Å². The monoisotopic (exact) mass is 315 g/mol. The molecule has 2 rings (SSSR count). The number of nitrogens with two attached hydrogens (primary N) is 1. The molecular weight excluding hydrogens is 298 g/mol. The Morgan fingerprint density at radius 1 is 1.43 bits per heavy atom.